The van der Waals surface area contributed by atoms with Gasteiger partial charge in [-0.05, 0) is 30.9 Å². The lowest BCUT2D eigenvalue weighted by molar-refractivity contribution is 0.0291. The van der Waals surface area contributed by atoms with E-state index in [0.717, 1.165) is 23.1 Å². The number of ether oxygens (including phenoxy) is 1. The van der Waals surface area contributed by atoms with E-state index in [2.05, 4.69) is 5.10 Å². The van der Waals surface area contributed by atoms with Gasteiger partial charge in [0.2, 0.25) is 0 Å². The van der Waals surface area contributed by atoms with Crippen molar-refractivity contribution >= 4 is 11.7 Å². The maximum absolute atomic E-state index is 12.3. The lowest BCUT2D eigenvalue weighted by atomic mass is 10.1. The summed E-state index contributed by atoms with van der Waals surface area (Å²) >= 11 is 0. The molecule has 0 bridgehead atoms. The van der Waals surface area contributed by atoms with Gasteiger partial charge in [0.05, 0.1) is 0 Å². The van der Waals surface area contributed by atoms with Gasteiger partial charge in [-0.3, -0.25) is 4.79 Å². The van der Waals surface area contributed by atoms with Crippen LogP contribution in [-0.4, -0.2) is 15.7 Å². The predicted octanol–water partition coefficient (Wildman–Crippen LogP) is 1.69. The van der Waals surface area contributed by atoms with Crippen LogP contribution in [0.2, 0.25) is 0 Å². The van der Waals surface area contributed by atoms with Crippen LogP contribution in [0.25, 0.3) is 0 Å². The molecule has 0 saturated carbocycles. The van der Waals surface area contributed by atoms with Crippen molar-refractivity contribution in [2.75, 3.05) is 5.73 Å². The van der Waals surface area contributed by atoms with Crippen LogP contribution in [0.5, 0.6) is 0 Å². The molecular weight excluding hydrogens is 282 g/mol. The summed E-state index contributed by atoms with van der Waals surface area (Å²) in [6, 6.07) is 9.18. The second kappa shape index (κ2) is 5.63. The Morgan fingerprint density at radius 1 is 1.45 bits per heavy atom. The second-order valence-corrected chi connectivity index (χ2v) is 5.24. The molecule has 0 amide bonds. The first-order chi connectivity index (χ1) is 10.6. The molecule has 1 aliphatic carbocycles. The summed E-state index contributed by atoms with van der Waals surface area (Å²) in [6.07, 6.45) is 1.38. The molecule has 2 aromatic rings. The number of fused-ring (bicyclic) bond motifs is 1. The third kappa shape index (κ3) is 2.47. The molecule has 0 fully saturated rings. The summed E-state index contributed by atoms with van der Waals surface area (Å²) in [4.78, 5) is 24.0. The maximum Gasteiger partial charge on any atom is 0.359 e. The molecule has 1 aromatic heterocycles. The number of anilines is 1. The fraction of sp³-hybridized carbons (Fsp3) is 0.312. The molecule has 0 aliphatic heterocycles. The van der Waals surface area contributed by atoms with Crippen molar-refractivity contribution in [3.05, 3.63) is 57.5 Å². The average molecular weight is 299 g/mol. The van der Waals surface area contributed by atoms with E-state index in [1.807, 2.05) is 24.3 Å². The number of aromatic nitrogens is 2. The second-order valence-electron chi connectivity index (χ2n) is 5.24. The molecule has 1 aliphatic rings. The Bertz CT molecular complexity index is 782. The van der Waals surface area contributed by atoms with Crippen molar-refractivity contribution in [2.45, 2.75) is 32.4 Å². The number of carbonyl (C=O) groups excluding carboxylic acids is 1. The van der Waals surface area contributed by atoms with Crippen molar-refractivity contribution in [3.63, 3.8) is 0 Å². The van der Waals surface area contributed by atoms with Gasteiger partial charge in [0.15, 0.2) is 5.69 Å². The largest absolute Gasteiger partial charge is 0.453 e. The van der Waals surface area contributed by atoms with Gasteiger partial charge in [-0.15, -0.1) is 0 Å². The molecule has 0 spiro atoms. The highest BCUT2D eigenvalue weighted by molar-refractivity contribution is 5.88. The van der Waals surface area contributed by atoms with Gasteiger partial charge in [-0.25, -0.2) is 9.48 Å². The normalized spacial score (nSPS) is 16.3. The number of hydrogen-bond acceptors (Lipinski definition) is 5. The van der Waals surface area contributed by atoms with Gasteiger partial charge >= 0.3 is 5.97 Å². The maximum atomic E-state index is 12.3. The minimum Gasteiger partial charge on any atom is -0.453 e. The number of esters is 1. The predicted molar refractivity (Wildman–Crippen MR) is 81.5 cm³/mol. The first-order valence-electron chi connectivity index (χ1n) is 7.26. The molecule has 1 atom stereocenters. The molecule has 0 radical (unpaired) electrons. The van der Waals surface area contributed by atoms with E-state index in [1.165, 1.54) is 11.6 Å². The van der Waals surface area contributed by atoms with Crippen LogP contribution in [0.4, 0.5) is 5.69 Å². The van der Waals surface area contributed by atoms with Crippen LogP contribution in [0.3, 0.4) is 0 Å². The van der Waals surface area contributed by atoms with Crippen molar-refractivity contribution < 1.29 is 9.53 Å². The molecule has 1 unspecified atom stereocenters. The molecule has 22 heavy (non-hydrogen) atoms. The Morgan fingerprint density at radius 3 is 3.00 bits per heavy atom. The van der Waals surface area contributed by atoms with E-state index in [0.29, 0.717) is 6.54 Å². The molecule has 6 nitrogen and oxygen atoms in total. The molecule has 1 aromatic carbocycles. The van der Waals surface area contributed by atoms with Crippen LogP contribution in [0.15, 0.2) is 35.1 Å². The Hall–Kier alpha value is -2.63. The average Bonchev–Trinajstić information content (AvgIpc) is 2.93. The first kappa shape index (κ1) is 14.3. The van der Waals surface area contributed by atoms with Crippen LogP contribution in [-0.2, 0) is 17.7 Å². The Kier molecular flexibility index (Phi) is 3.66. The highest BCUT2D eigenvalue weighted by Gasteiger charge is 2.26. The van der Waals surface area contributed by atoms with Crippen LogP contribution in [0, 0.1) is 0 Å². The number of rotatable bonds is 3. The number of aryl methyl sites for hydroxylation is 2. The number of carbonyl (C=O) groups is 1. The summed E-state index contributed by atoms with van der Waals surface area (Å²) in [5.41, 5.74) is 7.53. The summed E-state index contributed by atoms with van der Waals surface area (Å²) < 4.78 is 6.71. The van der Waals surface area contributed by atoms with E-state index in [1.54, 1.807) is 6.92 Å². The zero-order valence-corrected chi connectivity index (χ0v) is 12.3. The topological polar surface area (TPSA) is 87.2 Å². The lowest BCUT2D eigenvalue weighted by Crippen LogP contribution is -2.27. The summed E-state index contributed by atoms with van der Waals surface area (Å²) in [7, 11) is 0. The monoisotopic (exact) mass is 299 g/mol. The quantitative estimate of drug-likeness (QED) is 0.871. The molecule has 114 valence electrons. The third-order valence-corrected chi connectivity index (χ3v) is 3.84. The Labute approximate surface area is 127 Å². The first-order valence-corrected chi connectivity index (χ1v) is 7.26. The fourth-order valence-electron chi connectivity index (χ4n) is 2.71. The molecule has 0 saturated heterocycles. The Balaban J connectivity index is 1.84. The highest BCUT2D eigenvalue weighted by atomic mass is 16.5. The van der Waals surface area contributed by atoms with E-state index in [9.17, 15) is 9.59 Å². The Morgan fingerprint density at radius 2 is 2.23 bits per heavy atom. The number of hydrogen-bond donors (Lipinski definition) is 1. The van der Waals surface area contributed by atoms with Gasteiger partial charge in [0.25, 0.3) is 5.56 Å². The summed E-state index contributed by atoms with van der Waals surface area (Å²) in [5.74, 6) is -0.560. The van der Waals surface area contributed by atoms with E-state index in [-0.39, 0.29) is 17.5 Å². The lowest BCUT2D eigenvalue weighted by Gasteiger charge is -2.13. The molecule has 1 heterocycles. The third-order valence-electron chi connectivity index (χ3n) is 3.84. The summed E-state index contributed by atoms with van der Waals surface area (Å²) in [5, 5.41) is 4.00. The SMILES string of the molecule is CCn1nc(C(=O)OC2CCc3ccccc32)cc(N)c1=O. The van der Waals surface area contributed by atoms with Crippen molar-refractivity contribution in [1.29, 1.82) is 0 Å². The molecular formula is C16H17N3O3. The van der Waals surface area contributed by atoms with Gasteiger partial charge < -0.3 is 10.5 Å². The van der Waals surface area contributed by atoms with Gasteiger partial charge in [0.1, 0.15) is 11.8 Å². The van der Waals surface area contributed by atoms with Crippen molar-refractivity contribution in [3.8, 4) is 0 Å². The number of nitrogen functional groups attached to an aromatic ring is 1. The smallest absolute Gasteiger partial charge is 0.359 e. The van der Waals surface area contributed by atoms with E-state index < -0.39 is 11.5 Å². The fourth-order valence-corrected chi connectivity index (χ4v) is 2.71. The minimum absolute atomic E-state index is 0.00405. The van der Waals surface area contributed by atoms with Gasteiger partial charge in [0, 0.05) is 12.6 Å². The standard InChI is InChI=1S/C16H17N3O3/c1-2-19-15(20)12(17)9-13(18-19)16(21)22-14-8-7-10-5-3-4-6-11(10)14/h3-6,9,14H,2,7-8,17H2,1H3. The zero-order chi connectivity index (χ0) is 15.7. The number of benzene rings is 1. The molecule has 3 rings (SSSR count). The highest BCUT2D eigenvalue weighted by Crippen LogP contribution is 2.34. The van der Waals surface area contributed by atoms with Crippen LogP contribution < -0.4 is 11.3 Å². The summed E-state index contributed by atoms with van der Waals surface area (Å²) in [6.45, 7) is 2.10. The van der Waals surface area contributed by atoms with Crippen molar-refractivity contribution in [1.82, 2.24) is 9.78 Å². The number of nitrogens with zero attached hydrogens (tertiary/aromatic N) is 2. The van der Waals surface area contributed by atoms with E-state index in [4.69, 9.17) is 10.5 Å². The number of nitrogens with two attached hydrogens (primary N) is 1. The van der Waals surface area contributed by atoms with Gasteiger partial charge in [-0.1, -0.05) is 24.3 Å². The molecule has 2 N–H and O–H groups in total. The van der Waals surface area contributed by atoms with E-state index >= 15 is 0 Å². The van der Waals surface area contributed by atoms with Gasteiger partial charge in [-0.2, -0.15) is 5.10 Å². The minimum atomic E-state index is -0.560. The van der Waals surface area contributed by atoms with Crippen molar-refractivity contribution in [2.24, 2.45) is 0 Å². The zero-order valence-electron chi connectivity index (χ0n) is 12.3. The van der Waals surface area contributed by atoms with Crippen LogP contribution in [0.1, 0.15) is 41.1 Å². The molecule has 6 heteroatoms. The van der Waals surface area contributed by atoms with Crippen LogP contribution >= 0.6 is 0 Å².